The summed E-state index contributed by atoms with van der Waals surface area (Å²) >= 11 is 0. The molecule has 0 aliphatic carbocycles. The maximum Gasteiger partial charge on any atom is 0.226 e. The molecule has 3 rings (SSSR count). The highest BCUT2D eigenvalue weighted by atomic mass is 19.1. The lowest BCUT2D eigenvalue weighted by Gasteiger charge is -2.04. The molecule has 2 aromatic carbocycles. The second-order valence-electron chi connectivity index (χ2n) is 5.82. The van der Waals surface area contributed by atoms with E-state index < -0.39 is 0 Å². The fourth-order valence-corrected chi connectivity index (χ4v) is 2.53. The van der Waals surface area contributed by atoms with Crippen molar-refractivity contribution >= 4 is 5.91 Å². The third-order valence-corrected chi connectivity index (χ3v) is 3.90. The number of hydrogen-bond acceptors (Lipinski definition) is 4. The Kier molecular flexibility index (Phi) is 5.63. The van der Waals surface area contributed by atoms with Crippen LogP contribution in [0.15, 0.2) is 59.1 Å². The number of carbonyl (C=O) groups excluding carboxylic acids is 1. The molecule has 26 heavy (non-hydrogen) atoms. The van der Waals surface area contributed by atoms with Crippen LogP contribution in [0, 0.1) is 5.82 Å². The Bertz CT molecular complexity index is 875. The zero-order valence-corrected chi connectivity index (χ0v) is 14.4. The number of hydrogen-bond donors (Lipinski definition) is 1. The van der Waals surface area contributed by atoms with Crippen LogP contribution in [0.3, 0.4) is 0 Å². The lowest BCUT2D eigenvalue weighted by molar-refractivity contribution is -0.120. The molecule has 134 valence electrons. The Balaban J connectivity index is 1.51. The van der Waals surface area contributed by atoms with E-state index in [-0.39, 0.29) is 18.1 Å². The fraction of sp³-hybridized carbons (Fsp3) is 0.200. The van der Waals surface area contributed by atoms with Gasteiger partial charge >= 0.3 is 0 Å². The van der Waals surface area contributed by atoms with Gasteiger partial charge in [-0.2, -0.15) is 0 Å². The van der Waals surface area contributed by atoms with Crippen LogP contribution in [-0.4, -0.2) is 24.7 Å². The van der Waals surface area contributed by atoms with Gasteiger partial charge in [-0.25, -0.2) is 4.39 Å². The molecule has 3 aromatic rings. The summed E-state index contributed by atoms with van der Waals surface area (Å²) in [4.78, 5) is 12.0. The summed E-state index contributed by atoms with van der Waals surface area (Å²) in [5.41, 5.74) is 2.36. The highest BCUT2D eigenvalue weighted by Gasteiger charge is 2.11. The largest absolute Gasteiger partial charge is 0.497 e. The molecule has 6 heteroatoms. The van der Waals surface area contributed by atoms with Crippen molar-refractivity contribution in [3.8, 4) is 17.1 Å². The van der Waals surface area contributed by atoms with Crippen LogP contribution in [0.25, 0.3) is 11.3 Å². The minimum absolute atomic E-state index is 0.136. The van der Waals surface area contributed by atoms with E-state index in [9.17, 15) is 9.18 Å². The van der Waals surface area contributed by atoms with E-state index in [0.29, 0.717) is 24.4 Å². The summed E-state index contributed by atoms with van der Waals surface area (Å²) in [7, 11) is 1.60. The molecular weight excluding hydrogens is 335 g/mol. The number of amides is 1. The number of aromatic nitrogens is 1. The van der Waals surface area contributed by atoms with Crippen molar-refractivity contribution in [1.29, 1.82) is 0 Å². The molecule has 0 saturated heterocycles. The summed E-state index contributed by atoms with van der Waals surface area (Å²) in [6, 6.07) is 15.4. The fourth-order valence-electron chi connectivity index (χ4n) is 2.53. The van der Waals surface area contributed by atoms with Crippen LogP contribution in [0.2, 0.25) is 0 Å². The van der Waals surface area contributed by atoms with E-state index in [2.05, 4.69) is 10.5 Å². The normalized spacial score (nSPS) is 10.5. The van der Waals surface area contributed by atoms with Crippen LogP contribution >= 0.6 is 0 Å². The zero-order valence-electron chi connectivity index (χ0n) is 14.4. The lowest BCUT2D eigenvalue weighted by atomic mass is 10.1. The van der Waals surface area contributed by atoms with E-state index in [1.807, 2.05) is 24.3 Å². The molecular formula is C20H19FN2O3. The van der Waals surface area contributed by atoms with Crippen LogP contribution in [0.5, 0.6) is 5.75 Å². The first-order valence-corrected chi connectivity index (χ1v) is 8.25. The second-order valence-corrected chi connectivity index (χ2v) is 5.82. The number of carbonyl (C=O) groups is 1. The monoisotopic (exact) mass is 354 g/mol. The van der Waals surface area contributed by atoms with Gasteiger partial charge in [-0.15, -0.1) is 0 Å². The number of rotatable bonds is 7. The highest BCUT2D eigenvalue weighted by molar-refractivity contribution is 5.78. The number of nitrogens with one attached hydrogen (secondary N) is 1. The number of benzene rings is 2. The van der Waals surface area contributed by atoms with Crippen LogP contribution in [0.1, 0.15) is 11.3 Å². The van der Waals surface area contributed by atoms with E-state index in [1.54, 1.807) is 25.3 Å². The van der Waals surface area contributed by atoms with E-state index in [0.717, 1.165) is 16.9 Å². The maximum atomic E-state index is 12.9. The molecule has 1 heterocycles. The Morgan fingerprint density at radius 2 is 2.00 bits per heavy atom. The van der Waals surface area contributed by atoms with Gasteiger partial charge in [-0.1, -0.05) is 29.4 Å². The van der Waals surface area contributed by atoms with Crippen molar-refractivity contribution in [2.75, 3.05) is 13.7 Å². The molecule has 0 aliphatic heterocycles. The summed E-state index contributed by atoms with van der Waals surface area (Å²) < 4.78 is 23.4. The van der Waals surface area contributed by atoms with E-state index >= 15 is 0 Å². The van der Waals surface area contributed by atoms with Gasteiger partial charge in [-0.05, 0) is 36.2 Å². The van der Waals surface area contributed by atoms with E-state index in [4.69, 9.17) is 9.26 Å². The number of ether oxygens (including phenoxy) is 1. The van der Waals surface area contributed by atoms with Gasteiger partial charge < -0.3 is 14.6 Å². The molecule has 0 bridgehead atoms. The van der Waals surface area contributed by atoms with Gasteiger partial charge in [-0.3, -0.25) is 4.79 Å². The zero-order chi connectivity index (χ0) is 18.4. The molecule has 1 amide bonds. The van der Waals surface area contributed by atoms with Crippen LogP contribution in [-0.2, 0) is 17.6 Å². The van der Waals surface area contributed by atoms with Crippen LogP contribution < -0.4 is 10.1 Å². The van der Waals surface area contributed by atoms with Gasteiger partial charge in [0.05, 0.1) is 19.2 Å². The minimum atomic E-state index is -0.268. The highest BCUT2D eigenvalue weighted by Crippen LogP contribution is 2.24. The first kappa shape index (κ1) is 17.7. The Morgan fingerprint density at radius 1 is 1.19 bits per heavy atom. The smallest absolute Gasteiger partial charge is 0.226 e. The second kappa shape index (κ2) is 8.29. The Morgan fingerprint density at radius 3 is 2.77 bits per heavy atom. The molecule has 0 fully saturated rings. The van der Waals surface area contributed by atoms with Gasteiger partial charge in [0.25, 0.3) is 0 Å². The average molecular weight is 354 g/mol. The Labute approximate surface area is 150 Å². The molecule has 1 aromatic heterocycles. The molecule has 0 saturated carbocycles. The predicted molar refractivity (Wildman–Crippen MR) is 95.3 cm³/mol. The van der Waals surface area contributed by atoms with Crippen molar-refractivity contribution in [1.82, 2.24) is 10.5 Å². The van der Waals surface area contributed by atoms with Crippen molar-refractivity contribution in [3.05, 3.63) is 71.7 Å². The summed E-state index contributed by atoms with van der Waals surface area (Å²) in [6.07, 6.45) is 0.775. The summed E-state index contributed by atoms with van der Waals surface area (Å²) in [5, 5.41) is 6.77. The van der Waals surface area contributed by atoms with Crippen molar-refractivity contribution in [2.24, 2.45) is 0 Å². The molecule has 0 spiro atoms. The predicted octanol–water partition coefficient (Wildman–Crippen LogP) is 3.39. The first-order chi connectivity index (χ1) is 12.6. The summed E-state index contributed by atoms with van der Waals surface area (Å²) in [5.74, 6) is 0.894. The standard InChI is InChI=1S/C20H19FN2O3/c1-25-18-4-2-3-15(11-18)19-12-17(23-26-19)13-20(24)22-10-9-14-5-7-16(21)8-6-14/h2-8,11-12H,9-10,13H2,1H3,(H,22,24). The first-order valence-electron chi connectivity index (χ1n) is 8.25. The number of nitrogens with zero attached hydrogens (tertiary/aromatic N) is 1. The van der Waals surface area contributed by atoms with Crippen molar-refractivity contribution in [2.45, 2.75) is 12.8 Å². The lowest BCUT2D eigenvalue weighted by Crippen LogP contribution is -2.27. The molecule has 1 N–H and O–H groups in total. The van der Waals surface area contributed by atoms with Crippen LogP contribution in [0.4, 0.5) is 4.39 Å². The molecule has 0 atom stereocenters. The maximum absolute atomic E-state index is 12.9. The van der Waals surface area contributed by atoms with Crippen molar-refractivity contribution in [3.63, 3.8) is 0 Å². The quantitative estimate of drug-likeness (QED) is 0.706. The average Bonchev–Trinajstić information content (AvgIpc) is 3.12. The Hall–Kier alpha value is -3.15. The molecule has 0 unspecified atom stereocenters. The molecule has 5 nitrogen and oxygen atoms in total. The summed E-state index contributed by atoms with van der Waals surface area (Å²) in [6.45, 7) is 0.477. The van der Waals surface area contributed by atoms with Crippen molar-refractivity contribution < 1.29 is 18.4 Å². The van der Waals surface area contributed by atoms with Gasteiger partial charge in [0.2, 0.25) is 5.91 Å². The third-order valence-electron chi connectivity index (χ3n) is 3.90. The number of halogens is 1. The molecule has 0 aliphatic rings. The topological polar surface area (TPSA) is 64.4 Å². The van der Waals surface area contributed by atoms with Gasteiger partial charge in [0.15, 0.2) is 5.76 Å². The number of methoxy groups -OCH3 is 1. The van der Waals surface area contributed by atoms with Gasteiger partial charge in [0, 0.05) is 18.2 Å². The SMILES string of the molecule is COc1cccc(-c2cc(CC(=O)NCCc3ccc(F)cc3)no2)c1. The van der Waals surface area contributed by atoms with Gasteiger partial charge in [0.1, 0.15) is 11.6 Å². The molecule has 0 radical (unpaired) electrons. The third kappa shape index (κ3) is 4.69. The van der Waals surface area contributed by atoms with E-state index in [1.165, 1.54) is 12.1 Å². The minimum Gasteiger partial charge on any atom is -0.497 e.